The Morgan fingerprint density at radius 1 is 1.29 bits per heavy atom. The molecule has 0 spiro atoms. The van der Waals surface area contributed by atoms with Crippen LogP contribution in [0.2, 0.25) is 5.02 Å². The number of carbonyl (C=O) groups is 1. The van der Waals surface area contributed by atoms with Crippen LogP contribution in [0.15, 0.2) is 36.4 Å². The lowest BCUT2D eigenvalue weighted by Crippen LogP contribution is -2.45. The molecule has 8 nitrogen and oxygen atoms in total. The van der Waals surface area contributed by atoms with E-state index in [1.807, 2.05) is 29.2 Å². The Balaban J connectivity index is 1.39. The highest BCUT2D eigenvalue weighted by atomic mass is 35.5. The third-order valence-corrected chi connectivity index (χ3v) is 7.55. The van der Waals surface area contributed by atoms with E-state index in [1.165, 1.54) is 0 Å². The van der Waals surface area contributed by atoms with Crippen LogP contribution >= 0.6 is 11.6 Å². The van der Waals surface area contributed by atoms with E-state index >= 15 is 0 Å². The largest absolute Gasteiger partial charge is 0.489 e. The Hall–Kier alpha value is -2.94. The highest BCUT2D eigenvalue weighted by molar-refractivity contribution is 6.35. The van der Waals surface area contributed by atoms with E-state index in [-0.39, 0.29) is 18.1 Å². The molecule has 1 saturated heterocycles. The summed E-state index contributed by atoms with van der Waals surface area (Å²) < 4.78 is 13.7. The summed E-state index contributed by atoms with van der Waals surface area (Å²) in [7, 11) is 1.71. The standard InChI is InChI=1S/C26H30ClN5O3/c1-34-10-8-31-21(13-16-4-2-6-19(27)23(16)31)25-29-20-12-17(14-22-24(20)32(25)9-11-35-22)26(33)30-7-3-5-18(28)15-30/h2,4,6,12-14,18,25,29H,3,5,7-11,15,28H2,1H3/t18?,25-/m1/s1. The Labute approximate surface area is 209 Å². The van der Waals surface area contributed by atoms with E-state index in [0.717, 1.165) is 64.7 Å². The van der Waals surface area contributed by atoms with E-state index in [0.29, 0.717) is 31.9 Å². The van der Waals surface area contributed by atoms with Crippen LogP contribution in [0.4, 0.5) is 11.4 Å². The molecule has 3 aliphatic heterocycles. The van der Waals surface area contributed by atoms with Crippen LogP contribution in [0.5, 0.6) is 5.75 Å². The Morgan fingerprint density at radius 2 is 2.17 bits per heavy atom. The van der Waals surface area contributed by atoms with Crippen molar-refractivity contribution in [1.82, 2.24) is 9.47 Å². The van der Waals surface area contributed by atoms with Crippen LogP contribution < -0.4 is 20.7 Å². The lowest BCUT2D eigenvalue weighted by Gasteiger charge is -2.33. The maximum Gasteiger partial charge on any atom is 0.254 e. The van der Waals surface area contributed by atoms with Crippen LogP contribution in [0.3, 0.4) is 0 Å². The number of benzene rings is 2. The first-order valence-electron chi connectivity index (χ1n) is 12.2. The number of nitrogens with two attached hydrogens (primary N) is 1. The van der Waals surface area contributed by atoms with E-state index in [9.17, 15) is 4.79 Å². The van der Waals surface area contributed by atoms with E-state index < -0.39 is 0 Å². The van der Waals surface area contributed by atoms with Gasteiger partial charge in [0.2, 0.25) is 0 Å². The van der Waals surface area contributed by atoms with Crippen molar-refractivity contribution in [2.24, 2.45) is 5.73 Å². The van der Waals surface area contributed by atoms with E-state index in [4.69, 9.17) is 26.8 Å². The van der Waals surface area contributed by atoms with Crippen LogP contribution in [-0.2, 0) is 11.3 Å². The molecule has 0 bridgehead atoms. The molecule has 35 heavy (non-hydrogen) atoms. The molecule has 3 N–H and O–H groups in total. The molecule has 1 fully saturated rings. The second kappa shape index (κ2) is 8.93. The molecule has 184 valence electrons. The molecular formula is C26H30ClN5O3. The molecule has 0 aliphatic carbocycles. The molecule has 2 aromatic carbocycles. The molecular weight excluding hydrogens is 466 g/mol. The maximum absolute atomic E-state index is 13.3. The van der Waals surface area contributed by atoms with Crippen molar-refractivity contribution in [1.29, 1.82) is 0 Å². The number of hydrogen-bond donors (Lipinski definition) is 2. The van der Waals surface area contributed by atoms with E-state index in [2.05, 4.69) is 26.9 Å². The lowest BCUT2D eigenvalue weighted by molar-refractivity contribution is 0.0708. The summed E-state index contributed by atoms with van der Waals surface area (Å²) in [6.07, 6.45) is 1.78. The lowest BCUT2D eigenvalue weighted by atomic mass is 10.0. The van der Waals surface area contributed by atoms with Crippen molar-refractivity contribution >= 4 is 39.8 Å². The summed E-state index contributed by atoms with van der Waals surface area (Å²) in [6.45, 7) is 3.88. The first-order valence-corrected chi connectivity index (χ1v) is 12.6. The zero-order valence-electron chi connectivity index (χ0n) is 19.8. The molecule has 3 aromatic rings. The summed E-state index contributed by atoms with van der Waals surface area (Å²) in [4.78, 5) is 17.5. The number of amides is 1. The fourth-order valence-corrected chi connectivity index (χ4v) is 5.94. The third kappa shape index (κ3) is 3.80. The zero-order chi connectivity index (χ0) is 24.1. The molecule has 1 unspecified atom stereocenters. The molecule has 9 heteroatoms. The average molecular weight is 496 g/mol. The van der Waals surface area contributed by atoms with Crippen molar-refractivity contribution in [2.45, 2.75) is 31.6 Å². The number of methoxy groups -OCH3 is 1. The number of halogens is 1. The number of rotatable bonds is 5. The van der Waals surface area contributed by atoms with Crippen LogP contribution in [0.25, 0.3) is 10.9 Å². The van der Waals surface area contributed by atoms with Gasteiger partial charge in [-0.25, -0.2) is 0 Å². The molecule has 1 aromatic heterocycles. The molecule has 4 heterocycles. The van der Waals surface area contributed by atoms with Crippen LogP contribution in [0.1, 0.15) is 35.1 Å². The highest BCUT2D eigenvalue weighted by Crippen LogP contribution is 2.50. The maximum atomic E-state index is 13.3. The fraction of sp³-hybridized carbons (Fsp3) is 0.423. The van der Waals surface area contributed by atoms with Crippen LogP contribution in [-0.4, -0.2) is 61.4 Å². The van der Waals surface area contributed by atoms with Crippen molar-refractivity contribution in [3.8, 4) is 5.75 Å². The summed E-state index contributed by atoms with van der Waals surface area (Å²) in [5.41, 5.74) is 10.8. The topological polar surface area (TPSA) is 85.0 Å². The van der Waals surface area contributed by atoms with Gasteiger partial charge in [0, 0.05) is 43.7 Å². The number of carbonyl (C=O) groups excluding carboxylic acids is 1. The number of anilines is 2. The fourth-order valence-electron chi connectivity index (χ4n) is 5.66. The summed E-state index contributed by atoms with van der Waals surface area (Å²) >= 11 is 6.63. The van der Waals surface area contributed by atoms with Crippen molar-refractivity contribution < 1.29 is 14.3 Å². The first kappa shape index (κ1) is 22.5. The zero-order valence-corrected chi connectivity index (χ0v) is 20.6. The number of likely N-dealkylation sites (tertiary alicyclic amines) is 1. The normalized spacial score (nSPS) is 21.1. The van der Waals surface area contributed by atoms with Gasteiger partial charge < -0.3 is 34.9 Å². The monoisotopic (exact) mass is 495 g/mol. The van der Waals surface area contributed by atoms with Gasteiger partial charge >= 0.3 is 0 Å². The van der Waals surface area contributed by atoms with Crippen molar-refractivity contribution in [3.05, 3.63) is 52.7 Å². The Bertz CT molecular complexity index is 1290. The summed E-state index contributed by atoms with van der Waals surface area (Å²) in [5.74, 6) is 0.747. The number of nitrogens with zero attached hydrogens (tertiary/aromatic N) is 3. The number of aromatic nitrogens is 1. The molecule has 0 saturated carbocycles. The van der Waals surface area contributed by atoms with Gasteiger partial charge in [-0.2, -0.15) is 0 Å². The van der Waals surface area contributed by atoms with Gasteiger partial charge in [-0.1, -0.05) is 23.7 Å². The molecule has 1 amide bonds. The van der Waals surface area contributed by atoms with Gasteiger partial charge in [0.05, 0.1) is 35.1 Å². The smallest absolute Gasteiger partial charge is 0.254 e. The molecule has 6 rings (SSSR count). The average Bonchev–Trinajstić information content (AvgIpc) is 3.42. The minimum absolute atomic E-state index is 0.00571. The second-order valence-electron chi connectivity index (χ2n) is 9.50. The van der Waals surface area contributed by atoms with Gasteiger partial charge in [-0.05, 0) is 37.1 Å². The number of para-hydroxylation sites is 1. The van der Waals surface area contributed by atoms with Gasteiger partial charge in [0.15, 0.2) is 0 Å². The van der Waals surface area contributed by atoms with Crippen LogP contribution in [0, 0.1) is 0 Å². The van der Waals surface area contributed by atoms with Gasteiger partial charge in [-0.15, -0.1) is 0 Å². The van der Waals surface area contributed by atoms with Gasteiger partial charge in [-0.3, -0.25) is 4.79 Å². The molecule has 2 atom stereocenters. The summed E-state index contributed by atoms with van der Waals surface area (Å²) in [5, 5.41) is 5.49. The number of nitrogens with one attached hydrogen (secondary N) is 1. The highest BCUT2D eigenvalue weighted by Gasteiger charge is 2.38. The minimum atomic E-state index is -0.110. The van der Waals surface area contributed by atoms with Crippen molar-refractivity contribution in [2.75, 3.05) is 50.2 Å². The number of hydrogen-bond acceptors (Lipinski definition) is 6. The molecule has 3 aliphatic rings. The quantitative estimate of drug-likeness (QED) is 0.559. The first-order chi connectivity index (χ1) is 17.0. The third-order valence-electron chi connectivity index (χ3n) is 7.25. The predicted molar refractivity (Wildman–Crippen MR) is 138 cm³/mol. The minimum Gasteiger partial charge on any atom is -0.489 e. The summed E-state index contributed by atoms with van der Waals surface area (Å²) in [6, 6.07) is 12.1. The van der Waals surface area contributed by atoms with Gasteiger partial charge in [0.1, 0.15) is 24.2 Å². The number of ether oxygens (including phenoxy) is 2. The second-order valence-corrected chi connectivity index (χ2v) is 9.91. The van der Waals surface area contributed by atoms with Crippen molar-refractivity contribution in [3.63, 3.8) is 0 Å². The SMILES string of the molecule is COCCn1c([C@@H]2Nc3cc(C(=O)N4CCCC(N)C4)cc4c3N2CCO4)cc2cccc(Cl)c21. The predicted octanol–water partition coefficient (Wildman–Crippen LogP) is 3.83. The van der Waals surface area contributed by atoms with Gasteiger partial charge in [0.25, 0.3) is 5.91 Å². The number of fused-ring (bicyclic) bond motifs is 1. The molecule has 0 radical (unpaired) electrons. The Kier molecular flexibility index (Phi) is 5.75. The van der Waals surface area contributed by atoms with E-state index in [1.54, 1.807) is 7.11 Å². The Morgan fingerprint density at radius 3 is 3.00 bits per heavy atom. The number of piperidine rings is 1.